The predicted octanol–water partition coefficient (Wildman–Crippen LogP) is 5.46. The smallest absolute Gasteiger partial charge is 0.193 e. The quantitative estimate of drug-likeness (QED) is 0.519. The van der Waals surface area contributed by atoms with E-state index in [9.17, 15) is 13.0 Å². The van der Waals surface area contributed by atoms with Crippen LogP contribution in [0.3, 0.4) is 0 Å². The summed E-state index contributed by atoms with van der Waals surface area (Å²) in [6, 6.07) is 6.64. The number of hydrogen-bond donors (Lipinski definition) is 0. The van der Waals surface area contributed by atoms with Crippen LogP contribution in [0.1, 0.15) is 24.0 Å². The standard InChI is InChI=1S/C19H15F2N3O2S/c1-11-16(21)10-15-17(26-14-8-12(20)7-13(9-14)22-2)5-6-18(19(11)15)27(4,25)24-23-3/h5-9,11,16H,10H2,1,4H3/t11-,16-,27?/m1/s1. The molecule has 0 amide bonds. The van der Waals surface area contributed by atoms with Crippen LogP contribution in [-0.2, 0) is 16.1 Å². The van der Waals surface area contributed by atoms with Gasteiger partial charge in [0.05, 0.1) is 11.5 Å². The van der Waals surface area contributed by atoms with E-state index < -0.39 is 27.6 Å². The second-order valence-corrected chi connectivity index (χ2v) is 8.51. The first kappa shape index (κ1) is 18.8. The molecule has 0 heterocycles. The minimum atomic E-state index is -3.00. The number of nitrogens with zero attached hydrogens (tertiary/aromatic N) is 3. The molecule has 8 heteroatoms. The van der Waals surface area contributed by atoms with Crippen molar-refractivity contribution in [3.8, 4) is 11.5 Å². The van der Waals surface area contributed by atoms with Crippen LogP contribution in [0.4, 0.5) is 14.5 Å². The van der Waals surface area contributed by atoms with Gasteiger partial charge in [0.2, 0.25) is 0 Å². The molecule has 1 aliphatic carbocycles. The highest BCUT2D eigenvalue weighted by molar-refractivity contribution is 7.93. The summed E-state index contributed by atoms with van der Waals surface area (Å²) in [5.74, 6) is -0.725. The molecule has 0 fully saturated rings. The summed E-state index contributed by atoms with van der Waals surface area (Å²) in [4.78, 5) is 6.38. The summed E-state index contributed by atoms with van der Waals surface area (Å²) in [5.41, 5.74) is 1.13. The Balaban J connectivity index is 2.15. The Hall–Kier alpha value is -2.97. The fourth-order valence-corrected chi connectivity index (χ4v) is 4.51. The minimum absolute atomic E-state index is 0.0538. The van der Waals surface area contributed by atoms with Crippen LogP contribution in [0, 0.1) is 19.0 Å². The number of rotatable bonds is 3. The Morgan fingerprint density at radius 3 is 2.70 bits per heavy atom. The predicted molar refractivity (Wildman–Crippen MR) is 97.6 cm³/mol. The first-order valence-electron chi connectivity index (χ1n) is 8.00. The second kappa shape index (κ2) is 6.98. The lowest BCUT2D eigenvalue weighted by molar-refractivity contribution is 0.309. The van der Waals surface area contributed by atoms with Gasteiger partial charge < -0.3 is 4.74 Å². The summed E-state index contributed by atoms with van der Waals surface area (Å²) >= 11 is 0. The van der Waals surface area contributed by atoms with Gasteiger partial charge in [0.15, 0.2) is 15.4 Å². The Labute approximate surface area is 156 Å². The lowest BCUT2D eigenvalue weighted by Crippen LogP contribution is -2.07. The molecule has 138 valence electrons. The van der Waals surface area contributed by atoms with E-state index in [1.54, 1.807) is 6.92 Å². The van der Waals surface area contributed by atoms with Crippen molar-refractivity contribution in [2.45, 2.75) is 30.3 Å². The number of benzene rings is 2. The Morgan fingerprint density at radius 1 is 1.30 bits per heavy atom. The topological polar surface area (TPSA) is 47.4 Å². The highest BCUT2D eigenvalue weighted by atomic mass is 32.2. The van der Waals surface area contributed by atoms with Crippen LogP contribution in [0.5, 0.6) is 11.5 Å². The van der Waals surface area contributed by atoms with Crippen LogP contribution < -0.4 is 4.74 Å². The molecule has 0 spiro atoms. The average molecular weight is 387 g/mol. The molecule has 3 rings (SSSR count). The maximum atomic E-state index is 14.4. The van der Waals surface area contributed by atoms with Crippen molar-refractivity contribution < 1.29 is 17.7 Å². The SMILES string of the molecule is [C-]#[N+]N=S(C)(=O)c1ccc(Oc2cc(F)cc([N+]#[C-])c2)c2c1[C@H](C)[C@H](F)C2. The Kier molecular flexibility index (Phi) is 4.86. The zero-order valence-electron chi connectivity index (χ0n) is 14.6. The van der Waals surface area contributed by atoms with Gasteiger partial charge in [-0.1, -0.05) is 6.92 Å². The fourth-order valence-electron chi connectivity index (χ4n) is 3.23. The van der Waals surface area contributed by atoms with Crippen molar-refractivity contribution >= 4 is 15.4 Å². The van der Waals surface area contributed by atoms with Crippen molar-refractivity contribution in [1.29, 1.82) is 0 Å². The average Bonchev–Trinajstić information content (AvgIpc) is 2.90. The molecule has 1 aliphatic rings. The highest BCUT2D eigenvalue weighted by Crippen LogP contribution is 2.45. The molecular weight excluding hydrogens is 372 g/mol. The molecule has 0 aliphatic heterocycles. The van der Waals surface area contributed by atoms with E-state index in [4.69, 9.17) is 17.9 Å². The van der Waals surface area contributed by atoms with E-state index in [2.05, 4.69) is 14.3 Å². The molecule has 5 nitrogen and oxygen atoms in total. The first-order valence-corrected chi connectivity index (χ1v) is 9.93. The largest absolute Gasteiger partial charge is 0.458 e. The Morgan fingerprint density at radius 2 is 2.04 bits per heavy atom. The third-order valence-corrected chi connectivity index (χ3v) is 6.05. The summed E-state index contributed by atoms with van der Waals surface area (Å²) in [7, 11) is -3.00. The summed E-state index contributed by atoms with van der Waals surface area (Å²) < 4.78 is 50.1. The van der Waals surface area contributed by atoms with Crippen molar-refractivity contribution in [2.24, 2.45) is 4.47 Å². The lowest BCUT2D eigenvalue weighted by atomic mass is 10.0. The van der Waals surface area contributed by atoms with Gasteiger partial charge >= 0.3 is 0 Å². The molecule has 1 unspecified atom stereocenters. The lowest BCUT2D eigenvalue weighted by Gasteiger charge is -2.16. The molecule has 0 radical (unpaired) electrons. The normalized spacial score (nSPS) is 20.1. The van der Waals surface area contributed by atoms with Crippen LogP contribution in [0.15, 0.2) is 39.7 Å². The van der Waals surface area contributed by atoms with E-state index in [1.165, 1.54) is 24.5 Å². The number of ether oxygens (including phenoxy) is 1. The van der Waals surface area contributed by atoms with Crippen LogP contribution in [0.25, 0.3) is 9.80 Å². The van der Waals surface area contributed by atoms with Gasteiger partial charge in [-0.3, -0.25) is 0 Å². The number of alkyl halides is 1. The Bertz CT molecular complexity index is 1120. The molecule has 0 saturated heterocycles. The van der Waals surface area contributed by atoms with Crippen LogP contribution in [-0.4, -0.2) is 16.6 Å². The number of halogens is 2. The van der Waals surface area contributed by atoms with Crippen LogP contribution in [0.2, 0.25) is 0 Å². The molecule has 0 N–H and O–H groups in total. The van der Waals surface area contributed by atoms with E-state index in [-0.39, 0.29) is 17.9 Å². The van der Waals surface area contributed by atoms with Crippen molar-refractivity contribution in [2.75, 3.05) is 6.26 Å². The van der Waals surface area contributed by atoms with Gasteiger partial charge in [0.1, 0.15) is 28.0 Å². The van der Waals surface area contributed by atoms with E-state index in [0.29, 0.717) is 21.8 Å². The van der Waals surface area contributed by atoms with Crippen molar-refractivity contribution in [3.63, 3.8) is 0 Å². The molecule has 3 atom stereocenters. The van der Waals surface area contributed by atoms with Crippen LogP contribution >= 0.6 is 0 Å². The fraction of sp³-hybridized carbons (Fsp3) is 0.263. The summed E-state index contributed by atoms with van der Waals surface area (Å²) in [6.45, 7) is 15.6. The van der Waals surface area contributed by atoms with E-state index in [0.717, 1.165) is 12.1 Å². The van der Waals surface area contributed by atoms with Crippen molar-refractivity contribution in [1.82, 2.24) is 0 Å². The molecule has 2 aromatic carbocycles. The van der Waals surface area contributed by atoms with Gasteiger partial charge in [-0.2, -0.15) is 6.57 Å². The van der Waals surface area contributed by atoms with Gasteiger partial charge in [-0.05, 0) is 29.8 Å². The molecule has 27 heavy (non-hydrogen) atoms. The van der Waals surface area contributed by atoms with Gasteiger partial charge in [-0.15, -0.1) is 4.95 Å². The van der Waals surface area contributed by atoms with Gasteiger partial charge in [0.25, 0.3) is 0 Å². The molecule has 0 bridgehead atoms. The number of hydrogen-bond acceptors (Lipinski definition) is 3. The minimum Gasteiger partial charge on any atom is -0.458 e. The van der Waals surface area contributed by atoms with E-state index >= 15 is 0 Å². The molecular formula is C19H15F2N3O2S. The zero-order valence-corrected chi connectivity index (χ0v) is 15.4. The zero-order chi connectivity index (χ0) is 19.8. The van der Waals surface area contributed by atoms with E-state index in [1.807, 2.05) is 0 Å². The summed E-state index contributed by atoms with van der Waals surface area (Å²) in [6.07, 6.45) is 0.199. The monoisotopic (exact) mass is 387 g/mol. The summed E-state index contributed by atoms with van der Waals surface area (Å²) in [5, 5.41) is 0. The third-order valence-electron chi connectivity index (χ3n) is 4.49. The third kappa shape index (κ3) is 3.49. The molecule has 0 aromatic heterocycles. The maximum absolute atomic E-state index is 14.4. The molecule has 2 aromatic rings. The van der Waals surface area contributed by atoms with Crippen molar-refractivity contribution in [3.05, 3.63) is 70.2 Å². The first-order chi connectivity index (χ1) is 12.8. The van der Waals surface area contributed by atoms with Gasteiger partial charge in [-0.25, -0.2) is 17.8 Å². The number of fused-ring (bicyclic) bond motifs is 1. The highest BCUT2D eigenvalue weighted by Gasteiger charge is 2.36. The molecule has 0 saturated carbocycles. The van der Waals surface area contributed by atoms with Gasteiger partial charge in [0, 0.05) is 30.2 Å². The maximum Gasteiger partial charge on any atom is 0.193 e. The second-order valence-electron chi connectivity index (χ2n) is 6.31.